The molecule has 76 valence electrons. The van der Waals surface area contributed by atoms with Gasteiger partial charge >= 0.3 is 0 Å². The van der Waals surface area contributed by atoms with E-state index in [2.05, 4.69) is 22.8 Å². The third-order valence-corrected chi connectivity index (χ3v) is 4.08. The van der Waals surface area contributed by atoms with E-state index < -0.39 is 0 Å². The maximum Gasteiger partial charge on any atom is 0.110 e. The average molecular weight is 191 g/mol. The van der Waals surface area contributed by atoms with Crippen LogP contribution >= 0.6 is 0 Å². The highest BCUT2D eigenvalue weighted by molar-refractivity contribution is 5.35. The molecule has 0 saturated carbocycles. The number of nitrogens with two attached hydrogens (primary N) is 1. The largest absolute Gasteiger partial charge is 0.317 e. The molecule has 0 amide bonds. The molecule has 0 atom stereocenters. The van der Waals surface area contributed by atoms with Crippen LogP contribution in [0.4, 0.5) is 0 Å². The predicted octanol–water partition coefficient (Wildman–Crippen LogP) is 0.537. The first kappa shape index (κ1) is 8.69. The number of rotatable bonds is 0. The number of hydrogen-bond donors (Lipinski definition) is 2. The molecule has 3 rings (SSSR count). The number of hydrogen-bond acceptors (Lipinski definition) is 1. The zero-order valence-electron chi connectivity index (χ0n) is 8.68. The van der Waals surface area contributed by atoms with Gasteiger partial charge in [-0.15, -0.1) is 0 Å². The molecule has 0 aromatic heterocycles. The summed E-state index contributed by atoms with van der Waals surface area (Å²) in [6.07, 6.45) is 10.00. The molecule has 0 aromatic rings. The Labute approximate surface area is 85.5 Å². The van der Waals surface area contributed by atoms with Crippen LogP contribution in [0.1, 0.15) is 25.7 Å². The van der Waals surface area contributed by atoms with Crippen molar-refractivity contribution in [3.63, 3.8) is 0 Å². The first-order valence-corrected chi connectivity index (χ1v) is 5.85. The first-order valence-electron chi connectivity index (χ1n) is 5.85. The molecule has 1 fully saturated rings. The van der Waals surface area contributed by atoms with E-state index in [1.54, 1.807) is 11.3 Å². The van der Waals surface area contributed by atoms with Gasteiger partial charge in [-0.05, 0) is 32.4 Å². The Morgan fingerprint density at radius 1 is 1.29 bits per heavy atom. The molecule has 0 bridgehead atoms. The molecule has 3 aliphatic rings. The van der Waals surface area contributed by atoms with Crippen molar-refractivity contribution in [2.24, 2.45) is 5.41 Å². The molecule has 0 unspecified atom stereocenters. The Morgan fingerprint density at radius 2 is 2.14 bits per heavy atom. The van der Waals surface area contributed by atoms with Gasteiger partial charge < -0.3 is 10.6 Å². The van der Waals surface area contributed by atoms with Crippen molar-refractivity contribution in [2.45, 2.75) is 25.7 Å². The minimum Gasteiger partial charge on any atom is -0.317 e. The highest BCUT2D eigenvalue weighted by atomic mass is 15.0. The van der Waals surface area contributed by atoms with Crippen LogP contribution < -0.4 is 10.6 Å². The van der Waals surface area contributed by atoms with Gasteiger partial charge in [0.1, 0.15) is 5.70 Å². The third kappa shape index (κ3) is 1.17. The second-order valence-corrected chi connectivity index (χ2v) is 4.82. The monoisotopic (exact) mass is 191 g/mol. The minimum absolute atomic E-state index is 0.539. The van der Waals surface area contributed by atoms with Gasteiger partial charge in [-0.1, -0.05) is 12.2 Å². The lowest BCUT2D eigenvalue weighted by atomic mass is 9.73. The van der Waals surface area contributed by atoms with E-state index in [9.17, 15) is 0 Å². The van der Waals surface area contributed by atoms with Gasteiger partial charge in [0.05, 0.1) is 12.0 Å². The lowest BCUT2D eigenvalue weighted by molar-refractivity contribution is -0.608. The van der Waals surface area contributed by atoms with Crippen molar-refractivity contribution < 1.29 is 5.32 Å². The fourth-order valence-electron chi connectivity index (χ4n) is 3.22. The molecule has 2 heteroatoms. The van der Waals surface area contributed by atoms with Gasteiger partial charge in [-0.2, -0.15) is 0 Å². The Bertz CT molecular complexity index is 295. The lowest BCUT2D eigenvalue weighted by Crippen LogP contribution is -2.81. The van der Waals surface area contributed by atoms with Gasteiger partial charge in [0.2, 0.25) is 0 Å². The molecular formula is C12H19N2+. The Hall–Kier alpha value is -0.600. The van der Waals surface area contributed by atoms with Gasteiger partial charge in [0, 0.05) is 12.0 Å². The fraction of sp³-hybridized carbons (Fsp3) is 0.667. The fourth-order valence-corrected chi connectivity index (χ4v) is 3.22. The van der Waals surface area contributed by atoms with Gasteiger partial charge in [-0.3, -0.25) is 0 Å². The van der Waals surface area contributed by atoms with E-state index in [4.69, 9.17) is 0 Å². The summed E-state index contributed by atoms with van der Waals surface area (Å²) in [5, 5.41) is 5.97. The SMILES string of the molecule is C1=CC2=C(CC1)[NH2+]CC21CCNCC1. The summed E-state index contributed by atoms with van der Waals surface area (Å²) >= 11 is 0. The topological polar surface area (TPSA) is 28.6 Å². The summed E-state index contributed by atoms with van der Waals surface area (Å²) in [6.45, 7) is 3.72. The van der Waals surface area contributed by atoms with E-state index in [-0.39, 0.29) is 0 Å². The van der Waals surface area contributed by atoms with Crippen LogP contribution in [-0.4, -0.2) is 19.6 Å². The van der Waals surface area contributed by atoms with Gasteiger partial charge in [0.25, 0.3) is 0 Å². The van der Waals surface area contributed by atoms with Crippen molar-refractivity contribution in [1.82, 2.24) is 5.32 Å². The van der Waals surface area contributed by atoms with E-state index in [0.717, 1.165) is 0 Å². The first-order chi connectivity index (χ1) is 6.91. The summed E-state index contributed by atoms with van der Waals surface area (Å²) in [5.74, 6) is 0. The number of piperidine rings is 1. The lowest BCUT2D eigenvalue weighted by Gasteiger charge is -2.33. The summed E-state index contributed by atoms with van der Waals surface area (Å²) in [4.78, 5) is 0. The molecule has 1 saturated heterocycles. The quantitative estimate of drug-likeness (QED) is 0.575. The molecule has 1 aliphatic carbocycles. The summed E-state index contributed by atoms with van der Waals surface area (Å²) in [7, 11) is 0. The van der Waals surface area contributed by atoms with Crippen molar-refractivity contribution in [3.8, 4) is 0 Å². The third-order valence-electron chi connectivity index (χ3n) is 4.08. The molecule has 1 spiro atoms. The van der Waals surface area contributed by atoms with Crippen molar-refractivity contribution in [1.29, 1.82) is 0 Å². The second-order valence-electron chi connectivity index (χ2n) is 4.82. The Kier molecular flexibility index (Phi) is 1.99. The molecule has 0 radical (unpaired) electrons. The normalized spacial score (nSPS) is 29.7. The molecule has 0 aromatic carbocycles. The van der Waals surface area contributed by atoms with Crippen LogP contribution in [0.2, 0.25) is 0 Å². The van der Waals surface area contributed by atoms with Crippen molar-refractivity contribution in [2.75, 3.05) is 19.6 Å². The van der Waals surface area contributed by atoms with Crippen LogP contribution in [0.3, 0.4) is 0 Å². The minimum atomic E-state index is 0.539. The molecule has 3 N–H and O–H groups in total. The van der Waals surface area contributed by atoms with Gasteiger partial charge in [0.15, 0.2) is 0 Å². The summed E-state index contributed by atoms with van der Waals surface area (Å²) in [6, 6.07) is 0. The zero-order chi connectivity index (χ0) is 9.43. The van der Waals surface area contributed by atoms with E-state index >= 15 is 0 Å². The molecule has 2 heterocycles. The van der Waals surface area contributed by atoms with Crippen LogP contribution in [0, 0.1) is 5.41 Å². The molecule has 14 heavy (non-hydrogen) atoms. The van der Waals surface area contributed by atoms with Crippen LogP contribution in [0.25, 0.3) is 0 Å². The van der Waals surface area contributed by atoms with E-state index in [1.165, 1.54) is 45.3 Å². The smallest absolute Gasteiger partial charge is 0.110 e. The molecule has 2 aliphatic heterocycles. The zero-order valence-corrected chi connectivity index (χ0v) is 8.68. The summed E-state index contributed by atoms with van der Waals surface area (Å²) < 4.78 is 0. The average Bonchev–Trinajstić information content (AvgIpc) is 2.60. The number of quaternary nitrogens is 1. The van der Waals surface area contributed by atoms with E-state index in [0.29, 0.717) is 5.41 Å². The molecule has 2 nitrogen and oxygen atoms in total. The van der Waals surface area contributed by atoms with Gasteiger partial charge in [-0.25, -0.2) is 0 Å². The highest BCUT2D eigenvalue weighted by Gasteiger charge is 2.44. The number of allylic oxidation sites excluding steroid dienone is 3. The van der Waals surface area contributed by atoms with Crippen LogP contribution in [0.15, 0.2) is 23.4 Å². The number of fused-ring (bicyclic) bond motifs is 1. The Balaban J connectivity index is 1.93. The predicted molar refractivity (Wildman–Crippen MR) is 56.7 cm³/mol. The van der Waals surface area contributed by atoms with Crippen LogP contribution in [0.5, 0.6) is 0 Å². The molecular weight excluding hydrogens is 172 g/mol. The second kappa shape index (κ2) is 3.21. The highest BCUT2D eigenvalue weighted by Crippen LogP contribution is 2.41. The van der Waals surface area contributed by atoms with Crippen LogP contribution in [-0.2, 0) is 0 Å². The Morgan fingerprint density at radius 3 is 3.00 bits per heavy atom. The maximum absolute atomic E-state index is 3.47. The number of nitrogens with one attached hydrogen (secondary N) is 1. The van der Waals surface area contributed by atoms with Crippen molar-refractivity contribution in [3.05, 3.63) is 23.4 Å². The standard InChI is InChI=1S/C12H18N2/c1-2-4-11-10(3-1)12(9-14-11)5-7-13-8-6-12/h1,3,13-14H,2,4-9H2/p+1. The van der Waals surface area contributed by atoms with Crippen molar-refractivity contribution >= 4 is 0 Å². The maximum atomic E-state index is 3.47. The van der Waals surface area contributed by atoms with E-state index in [1.807, 2.05) is 0 Å². The summed E-state index contributed by atoms with van der Waals surface area (Å²) in [5.41, 5.74) is 3.89.